The van der Waals surface area contributed by atoms with E-state index in [1.165, 1.54) is 13.2 Å². The fourth-order valence-corrected chi connectivity index (χ4v) is 0.365. The van der Waals surface area contributed by atoms with E-state index in [0.29, 0.717) is 0 Å². The molecule has 0 aromatic heterocycles. The van der Waals surface area contributed by atoms with Crippen molar-refractivity contribution in [1.82, 2.24) is 0 Å². The smallest absolute Gasteiger partial charge is 0.330 e. The molecule has 0 radical (unpaired) electrons. The molecule has 3 heteroatoms. The van der Waals surface area contributed by atoms with Crippen LogP contribution < -0.4 is 0 Å². The first-order valence-electron chi connectivity index (χ1n) is 2.85. The predicted molar refractivity (Wildman–Crippen MR) is 35.7 cm³/mol. The van der Waals surface area contributed by atoms with Crippen LogP contribution in [-0.4, -0.2) is 13.1 Å². The third kappa shape index (κ3) is 7.83. The molecule has 0 rings (SSSR count). The summed E-state index contributed by atoms with van der Waals surface area (Å²) in [6.07, 6.45) is 4.80. The van der Waals surface area contributed by atoms with Crippen LogP contribution in [-0.2, 0) is 29.0 Å². The summed E-state index contributed by atoms with van der Waals surface area (Å²) in [5.41, 5.74) is 0. The maximum atomic E-state index is 10.4. The number of methoxy groups -OCH3 is 1. The molecule has 0 amide bonds. The Labute approximate surface area is 74.4 Å². The largest absolute Gasteiger partial charge is 0.466 e. The summed E-state index contributed by atoms with van der Waals surface area (Å²) in [5.74, 6) is -0.302. The van der Waals surface area contributed by atoms with E-state index in [-0.39, 0.29) is 25.4 Å². The van der Waals surface area contributed by atoms with Crippen LogP contribution in [0.25, 0.3) is 0 Å². The predicted octanol–water partition coefficient (Wildman–Crippen LogP) is 1.33. The first-order chi connectivity index (χ1) is 4.31. The molecule has 0 atom stereocenters. The number of esters is 1. The van der Waals surface area contributed by atoms with Gasteiger partial charge >= 0.3 is 5.97 Å². The summed E-state index contributed by atoms with van der Waals surface area (Å²) in [4.78, 5) is 10.4. The molecular formula is C7H11O2Zn-. The number of allylic oxidation sites excluding steroid dienone is 1. The molecule has 0 aromatic carbocycles. The van der Waals surface area contributed by atoms with Gasteiger partial charge < -0.3 is 11.7 Å². The molecule has 0 fully saturated rings. The van der Waals surface area contributed by atoms with Gasteiger partial charge in [-0.1, -0.05) is 12.5 Å². The summed E-state index contributed by atoms with van der Waals surface area (Å²) in [6, 6.07) is 0. The molecule has 0 N–H and O–H groups in total. The van der Waals surface area contributed by atoms with Crippen LogP contribution in [0.3, 0.4) is 0 Å². The van der Waals surface area contributed by atoms with Crippen molar-refractivity contribution in [3.05, 3.63) is 19.1 Å². The molecule has 0 heterocycles. The second-order valence-electron chi connectivity index (χ2n) is 1.57. The zero-order valence-corrected chi connectivity index (χ0v) is 9.27. The summed E-state index contributed by atoms with van der Waals surface area (Å²) < 4.78 is 4.35. The van der Waals surface area contributed by atoms with Gasteiger partial charge in [0.2, 0.25) is 0 Å². The Bertz CT molecular complexity index is 110. The monoisotopic (exact) mass is 191 g/mol. The molecule has 10 heavy (non-hydrogen) atoms. The Hall–Kier alpha value is -0.167. The van der Waals surface area contributed by atoms with Crippen LogP contribution in [0.2, 0.25) is 0 Å². The van der Waals surface area contributed by atoms with Crippen molar-refractivity contribution in [2.75, 3.05) is 7.11 Å². The topological polar surface area (TPSA) is 26.3 Å². The van der Waals surface area contributed by atoms with Gasteiger partial charge in [-0.25, -0.2) is 4.79 Å². The fraction of sp³-hybridized carbons (Fsp3) is 0.429. The molecule has 0 aromatic rings. The Morgan fingerprint density at radius 1 is 1.70 bits per heavy atom. The second-order valence-corrected chi connectivity index (χ2v) is 1.57. The third-order valence-electron chi connectivity index (χ3n) is 0.826. The van der Waals surface area contributed by atoms with Crippen LogP contribution in [0.1, 0.15) is 12.8 Å². The number of carbonyl (C=O) groups excluding carboxylic acids is 1. The number of ether oxygens (including phenoxy) is 1. The van der Waals surface area contributed by atoms with Gasteiger partial charge in [0.05, 0.1) is 7.11 Å². The molecule has 2 nitrogen and oxygen atoms in total. The van der Waals surface area contributed by atoms with E-state index in [4.69, 9.17) is 0 Å². The molecule has 0 saturated heterocycles. The third-order valence-corrected chi connectivity index (χ3v) is 0.826. The Morgan fingerprint density at radius 2 is 2.30 bits per heavy atom. The van der Waals surface area contributed by atoms with Gasteiger partial charge in [-0.05, 0) is 0 Å². The molecule has 0 aliphatic rings. The molecule has 0 bridgehead atoms. The summed E-state index contributed by atoms with van der Waals surface area (Å²) >= 11 is 0. The van der Waals surface area contributed by atoms with E-state index in [1.807, 2.05) is 0 Å². The molecule has 0 saturated carbocycles. The average molecular weight is 193 g/mol. The van der Waals surface area contributed by atoms with Gasteiger partial charge in [-0.3, -0.25) is 0 Å². The summed E-state index contributed by atoms with van der Waals surface area (Å²) in [6.45, 7) is 3.60. The normalized spacial score (nSPS) is 9.00. The minimum absolute atomic E-state index is 0. The van der Waals surface area contributed by atoms with Crippen LogP contribution in [0, 0.1) is 6.92 Å². The molecule has 0 spiro atoms. The second kappa shape index (κ2) is 8.83. The number of hydrogen-bond donors (Lipinski definition) is 0. The molecular weight excluding hydrogens is 181 g/mol. The Balaban J connectivity index is 0. The van der Waals surface area contributed by atoms with Gasteiger partial charge in [0.1, 0.15) is 0 Å². The molecule has 0 aliphatic heterocycles. The van der Waals surface area contributed by atoms with E-state index >= 15 is 0 Å². The Morgan fingerprint density at radius 3 is 2.70 bits per heavy atom. The van der Waals surface area contributed by atoms with Gasteiger partial charge in [0.25, 0.3) is 0 Å². The van der Waals surface area contributed by atoms with E-state index in [2.05, 4.69) is 11.7 Å². The molecule has 0 unspecified atom stereocenters. The van der Waals surface area contributed by atoms with E-state index in [1.54, 1.807) is 6.08 Å². The van der Waals surface area contributed by atoms with Crippen molar-refractivity contribution in [3.8, 4) is 0 Å². The summed E-state index contributed by atoms with van der Waals surface area (Å²) in [7, 11) is 1.36. The van der Waals surface area contributed by atoms with Crippen molar-refractivity contribution in [2.24, 2.45) is 0 Å². The van der Waals surface area contributed by atoms with Crippen molar-refractivity contribution in [3.63, 3.8) is 0 Å². The van der Waals surface area contributed by atoms with E-state index in [9.17, 15) is 4.79 Å². The number of rotatable bonds is 3. The van der Waals surface area contributed by atoms with Crippen LogP contribution >= 0.6 is 0 Å². The van der Waals surface area contributed by atoms with Gasteiger partial charge in [0, 0.05) is 25.6 Å². The van der Waals surface area contributed by atoms with E-state index < -0.39 is 0 Å². The zero-order chi connectivity index (χ0) is 7.11. The zero-order valence-electron chi connectivity index (χ0n) is 6.30. The number of hydrogen-bond acceptors (Lipinski definition) is 2. The van der Waals surface area contributed by atoms with Crippen molar-refractivity contribution in [2.45, 2.75) is 12.8 Å². The van der Waals surface area contributed by atoms with Crippen molar-refractivity contribution < 1.29 is 29.0 Å². The minimum Gasteiger partial charge on any atom is -0.466 e. The fourth-order valence-electron chi connectivity index (χ4n) is 0.365. The average Bonchev–Trinajstić information content (AvgIpc) is 1.89. The summed E-state index contributed by atoms with van der Waals surface area (Å²) in [5, 5.41) is 0. The van der Waals surface area contributed by atoms with Crippen LogP contribution in [0.15, 0.2) is 12.2 Å². The first kappa shape index (κ1) is 12.5. The maximum absolute atomic E-state index is 10.4. The van der Waals surface area contributed by atoms with E-state index in [0.717, 1.165) is 12.8 Å². The van der Waals surface area contributed by atoms with Gasteiger partial charge in [0.15, 0.2) is 0 Å². The number of carbonyl (C=O) groups is 1. The molecule has 0 aliphatic carbocycles. The van der Waals surface area contributed by atoms with Gasteiger partial charge in [-0.2, -0.15) is 6.42 Å². The standard InChI is InChI=1S/C7H11O2.Zn/c1-3-4-5-6-7(8)9-2;/h5-6H,1,3-4H2,2H3;/q-1;. The maximum Gasteiger partial charge on any atom is 0.330 e. The molecule has 54 valence electrons. The minimum atomic E-state index is -0.302. The quantitative estimate of drug-likeness (QED) is 0.292. The Kier molecular flexibility index (Phi) is 11.0. The first-order valence-corrected chi connectivity index (χ1v) is 2.85. The van der Waals surface area contributed by atoms with Crippen molar-refractivity contribution in [1.29, 1.82) is 0 Å². The van der Waals surface area contributed by atoms with Crippen LogP contribution in [0.4, 0.5) is 0 Å². The van der Waals surface area contributed by atoms with Gasteiger partial charge in [-0.15, -0.1) is 0 Å². The number of unbranched alkanes of at least 4 members (excludes halogenated alkanes) is 1. The SMILES string of the molecule is [CH2-]CCC=CC(=O)OC.[Zn]. The van der Waals surface area contributed by atoms with Crippen LogP contribution in [0.5, 0.6) is 0 Å². The van der Waals surface area contributed by atoms with Crippen molar-refractivity contribution >= 4 is 5.97 Å².